The average Bonchev–Trinajstić information content (AvgIpc) is 2.86. The summed E-state index contributed by atoms with van der Waals surface area (Å²) in [6, 6.07) is 0.177. The van der Waals surface area contributed by atoms with Gasteiger partial charge in [0.1, 0.15) is 0 Å². The SMILES string of the molecule is CCc1nn(C)c(CC(NC)c2c(C)nn(C)c2C)c1Cl. The van der Waals surface area contributed by atoms with Gasteiger partial charge < -0.3 is 5.32 Å². The van der Waals surface area contributed by atoms with Crippen molar-refractivity contribution in [1.29, 1.82) is 0 Å². The molecule has 2 aromatic heterocycles. The summed E-state index contributed by atoms with van der Waals surface area (Å²) >= 11 is 6.47. The molecule has 1 N–H and O–H groups in total. The maximum absolute atomic E-state index is 6.47. The number of likely N-dealkylation sites (N-methyl/N-ethyl adjacent to an activating group) is 1. The van der Waals surface area contributed by atoms with Gasteiger partial charge in [-0.2, -0.15) is 10.2 Å². The van der Waals surface area contributed by atoms with Crippen LogP contribution in [0.4, 0.5) is 0 Å². The molecule has 116 valence electrons. The molecular formula is C15H24ClN5. The van der Waals surface area contributed by atoms with Crippen molar-refractivity contribution in [2.75, 3.05) is 7.05 Å². The summed E-state index contributed by atoms with van der Waals surface area (Å²) in [6.45, 7) is 6.22. The van der Waals surface area contributed by atoms with E-state index in [1.54, 1.807) is 0 Å². The van der Waals surface area contributed by atoms with Crippen molar-refractivity contribution in [2.45, 2.75) is 39.7 Å². The van der Waals surface area contributed by atoms with Crippen molar-refractivity contribution in [2.24, 2.45) is 14.1 Å². The van der Waals surface area contributed by atoms with E-state index in [0.717, 1.165) is 34.9 Å². The minimum atomic E-state index is 0.177. The quantitative estimate of drug-likeness (QED) is 0.923. The summed E-state index contributed by atoms with van der Waals surface area (Å²) < 4.78 is 3.82. The first kappa shape index (κ1) is 16.0. The van der Waals surface area contributed by atoms with Crippen molar-refractivity contribution in [3.05, 3.63) is 33.4 Å². The molecule has 21 heavy (non-hydrogen) atoms. The van der Waals surface area contributed by atoms with Crippen LogP contribution in [-0.4, -0.2) is 26.6 Å². The Hall–Kier alpha value is -1.33. The Bertz CT molecular complexity index is 641. The summed E-state index contributed by atoms with van der Waals surface area (Å²) in [5.41, 5.74) is 5.51. The number of hydrogen-bond acceptors (Lipinski definition) is 3. The van der Waals surface area contributed by atoms with Crippen LogP contribution in [0, 0.1) is 13.8 Å². The fraction of sp³-hybridized carbons (Fsp3) is 0.600. The Morgan fingerprint density at radius 2 is 1.86 bits per heavy atom. The number of nitrogens with one attached hydrogen (secondary N) is 1. The van der Waals surface area contributed by atoms with Crippen molar-refractivity contribution in [1.82, 2.24) is 24.9 Å². The van der Waals surface area contributed by atoms with E-state index in [0.29, 0.717) is 0 Å². The molecular weight excluding hydrogens is 286 g/mol. The van der Waals surface area contributed by atoms with Crippen LogP contribution in [0.5, 0.6) is 0 Å². The van der Waals surface area contributed by atoms with Crippen molar-refractivity contribution >= 4 is 11.6 Å². The molecule has 0 saturated carbocycles. The monoisotopic (exact) mass is 309 g/mol. The normalized spacial score (nSPS) is 12.9. The summed E-state index contributed by atoms with van der Waals surface area (Å²) in [4.78, 5) is 0. The predicted octanol–water partition coefficient (Wildman–Crippen LogP) is 2.49. The van der Waals surface area contributed by atoms with E-state index < -0.39 is 0 Å². The molecule has 2 heterocycles. The zero-order chi connectivity index (χ0) is 15.7. The van der Waals surface area contributed by atoms with E-state index >= 15 is 0 Å². The number of nitrogens with zero attached hydrogens (tertiary/aromatic N) is 4. The Morgan fingerprint density at radius 3 is 2.29 bits per heavy atom. The van der Waals surface area contributed by atoms with Crippen LogP contribution in [0.3, 0.4) is 0 Å². The summed E-state index contributed by atoms with van der Waals surface area (Å²) in [6.07, 6.45) is 1.65. The van der Waals surface area contributed by atoms with Crippen molar-refractivity contribution in [3.63, 3.8) is 0 Å². The van der Waals surface area contributed by atoms with Crippen molar-refractivity contribution < 1.29 is 0 Å². The number of rotatable bonds is 5. The second-order valence-corrected chi connectivity index (χ2v) is 5.82. The average molecular weight is 310 g/mol. The van der Waals surface area contributed by atoms with Gasteiger partial charge in [-0.1, -0.05) is 18.5 Å². The highest BCUT2D eigenvalue weighted by Gasteiger charge is 2.23. The van der Waals surface area contributed by atoms with Gasteiger partial charge >= 0.3 is 0 Å². The lowest BCUT2D eigenvalue weighted by molar-refractivity contribution is 0.555. The highest BCUT2D eigenvalue weighted by atomic mass is 35.5. The Labute approximate surface area is 131 Å². The van der Waals surface area contributed by atoms with Crippen LogP contribution in [0.25, 0.3) is 0 Å². The lowest BCUT2D eigenvalue weighted by atomic mass is 10.00. The lowest BCUT2D eigenvalue weighted by Gasteiger charge is -2.17. The summed E-state index contributed by atoms with van der Waals surface area (Å²) in [5.74, 6) is 0. The Balaban J connectivity index is 2.38. The molecule has 0 fully saturated rings. The first-order valence-corrected chi connectivity index (χ1v) is 7.66. The van der Waals surface area contributed by atoms with Crippen LogP contribution >= 0.6 is 11.6 Å². The van der Waals surface area contributed by atoms with Gasteiger partial charge in [0.25, 0.3) is 0 Å². The second-order valence-electron chi connectivity index (χ2n) is 5.44. The van der Waals surface area contributed by atoms with Gasteiger partial charge in [0, 0.05) is 37.8 Å². The molecule has 1 atom stereocenters. The molecule has 0 amide bonds. The molecule has 0 aliphatic carbocycles. The Morgan fingerprint density at radius 1 is 1.19 bits per heavy atom. The molecule has 0 aromatic carbocycles. The molecule has 0 aliphatic heterocycles. The molecule has 0 spiro atoms. The fourth-order valence-electron chi connectivity index (χ4n) is 2.88. The molecule has 5 nitrogen and oxygen atoms in total. The van der Waals surface area contributed by atoms with E-state index in [4.69, 9.17) is 11.6 Å². The number of aromatic nitrogens is 4. The minimum absolute atomic E-state index is 0.177. The minimum Gasteiger partial charge on any atom is -0.313 e. The molecule has 2 aromatic rings. The van der Waals surface area contributed by atoms with Gasteiger partial charge in [-0.15, -0.1) is 0 Å². The largest absolute Gasteiger partial charge is 0.313 e. The first-order valence-electron chi connectivity index (χ1n) is 7.28. The van der Waals surface area contributed by atoms with Crippen LogP contribution in [0.15, 0.2) is 0 Å². The zero-order valence-corrected chi connectivity index (χ0v) is 14.4. The first-order chi connectivity index (χ1) is 9.90. The zero-order valence-electron chi connectivity index (χ0n) is 13.7. The third-order valence-corrected chi connectivity index (χ3v) is 4.60. The van der Waals surface area contributed by atoms with E-state index in [1.165, 1.54) is 11.3 Å². The van der Waals surface area contributed by atoms with Crippen LogP contribution in [-0.2, 0) is 26.9 Å². The van der Waals surface area contributed by atoms with Gasteiger partial charge in [0.2, 0.25) is 0 Å². The molecule has 0 radical (unpaired) electrons. The molecule has 6 heteroatoms. The third kappa shape index (κ3) is 2.85. The van der Waals surface area contributed by atoms with Crippen LogP contribution in [0.1, 0.15) is 41.3 Å². The molecule has 0 saturated heterocycles. The van der Waals surface area contributed by atoms with Crippen LogP contribution in [0.2, 0.25) is 5.02 Å². The molecule has 0 bridgehead atoms. The van der Waals surface area contributed by atoms with Gasteiger partial charge in [0.15, 0.2) is 0 Å². The summed E-state index contributed by atoms with van der Waals surface area (Å²) in [5, 5.41) is 13.2. The smallest absolute Gasteiger partial charge is 0.0850 e. The lowest BCUT2D eigenvalue weighted by Crippen LogP contribution is -2.21. The second kappa shape index (κ2) is 6.20. The Kier molecular flexibility index (Phi) is 4.74. The fourth-order valence-corrected chi connectivity index (χ4v) is 3.25. The topological polar surface area (TPSA) is 47.7 Å². The van der Waals surface area contributed by atoms with Gasteiger partial charge in [-0.05, 0) is 27.3 Å². The highest BCUT2D eigenvalue weighted by Crippen LogP contribution is 2.28. The molecule has 2 rings (SSSR count). The summed E-state index contributed by atoms with van der Waals surface area (Å²) in [7, 11) is 5.91. The maximum atomic E-state index is 6.47. The van der Waals surface area contributed by atoms with Gasteiger partial charge in [-0.3, -0.25) is 9.36 Å². The van der Waals surface area contributed by atoms with Crippen LogP contribution < -0.4 is 5.32 Å². The highest BCUT2D eigenvalue weighted by molar-refractivity contribution is 6.31. The standard InChI is InChI=1S/C15H24ClN5/c1-7-11-15(16)13(21(6)19-11)8-12(17-4)14-9(2)18-20(5)10(14)3/h12,17H,7-8H2,1-6H3. The van der Waals surface area contributed by atoms with Gasteiger partial charge in [0.05, 0.1) is 22.1 Å². The van der Waals surface area contributed by atoms with E-state index in [2.05, 4.69) is 36.3 Å². The molecule has 0 aliphatic rings. The molecule has 1 unspecified atom stereocenters. The predicted molar refractivity (Wildman–Crippen MR) is 85.8 cm³/mol. The van der Waals surface area contributed by atoms with E-state index in [9.17, 15) is 0 Å². The number of hydrogen-bond donors (Lipinski definition) is 1. The van der Waals surface area contributed by atoms with Crippen molar-refractivity contribution in [3.8, 4) is 0 Å². The van der Waals surface area contributed by atoms with E-state index in [1.807, 2.05) is 30.5 Å². The number of halogens is 1. The van der Waals surface area contributed by atoms with E-state index in [-0.39, 0.29) is 6.04 Å². The third-order valence-electron chi connectivity index (χ3n) is 4.16. The van der Waals surface area contributed by atoms with Gasteiger partial charge in [-0.25, -0.2) is 0 Å². The maximum Gasteiger partial charge on any atom is 0.0850 e. The number of aryl methyl sites for hydroxylation is 4.